The van der Waals surface area contributed by atoms with E-state index in [1.807, 2.05) is 48.5 Å². The average Bonchev–Trinajstić information content (AvgIpc) is 3.06. The van der Waals surface area contributed by atoms with E-state index in [0.717, 1.165) is 32.5 Å². The highest BCUT2D eigenvalue weighted by Gasteiger charge is 2.12. The average molecular weight is 330 g/mol. The quantitative estimate of drug-likeness (QED) is 0.353. The molecule has 0 spiro atoms. The third kappa shape index (κ3) is 2.00. The summed E-state index contributed by atoms with van der Waals surface area (Å²) >= 11 is 6.29. The first-order chi connectivity index (χ1) is 11.8. The van der Waals surface area contributed by atoms with Crippen molar-refractivity contribution in [3.63, 3.8) is 0 Å². The highest BCUT2D eigenvalue weighted by atomic mass is 35.5. The Hall–Kier alpha value is -2.84. The van der Waals surface area contributed by atoms with Crippen LogP contribution in [0.15, 0.2) is 77.2 Å². The molecule has 1 heterocycles. The molecule has 24 heavy (non-hydrogen) atoms. The van der Waals surface area contributed by atoms with Gasteiger partial charge in [-0.2, -0.15) is 0 Å². The van der Waals surface area contributed by atoms with Crippen LogP contribution in [-0.4, -0.2) is 4.98 Å². The van der Waals surface area contributed by atoms with E-state index in [2.05, 4.69) is 24.3 Å². The number of aromatic nitrogens is 1. The molecule has 5 aromatic rings. The molecular formula is C21H12ClNO. The Morgan fingerprint density at radius 2 is 1.62 bits per heavy atom. The second-order valence-corrected chi connectivity index (χ2v) is 6.24. The van der Waals surface area contributed by atoms with Crippen molar-refractivity contribution in [2.75, 3.05) is 0 Å². The summed E-state index contributed by atoms with van der Waals surface area (Å²) in [5, 5.41) is 5.10. The number of rotatable bonds is 1. The van der Waals surface area contributed by atoms with Crippen molar-refractivity contribution in [3.8, 4) is 11.5 Å². The van der Waals surface area contributed by atoms with Crippen molar-refractivity contribution in [3.05, 3.63) is 77.8 Å². The van der Waals surface area contributed by atoms with Crippen molar-refractivity contribution in [2.24, 2.45) is 0 Å². The van der Waals surface area contributed by atoms with Crippen molar-refractivity contribution >= 4 is 44.2 Å². The Balaban J connectivity index is 1.77. The minimum Gasteiger partial charge on any atom is -0.436 e. The molecule has 1 aromatic heterocycles. The summed E-state index contributed by atoms with van der Waals surface area (Å²) in [6.45, 7) is 0. The van der Waals surface area contributed by atoms with Gasteiger partial charge in [0.2, 0.25) is 5.89 Å². The Morgan fingerprint density at radius 3 is 2.54 bits per heavy atom. The maximum absolute atomic E-state index is 6.29. The summed E-state index contributed by atoms with van der Waals surface area (Å²) in [5.41, 5.74) is 2.59. The smallest absolute Gasteiger partial charge is 0.227 e. The van der Waals surface area contributed by atoms with E-state index in [-0.39, 0.29) is 0 Å². The first kappa shape index (κ1) is 13.6. The minimum absolute atomic E-state index is 0.628. The molecular weight excluding hydrogens is 318 g/mol. The van der Waals surface area contributed by atoms with Crippen LogP contribution < -0.4 is 0 Å². The fourth-order valence-corrected chi connectivity index (χ4v) is 3.39. The van der Waals surface area contributed by atoms with Gasteiger partial charge in [0.15, 0.2) is 5.58 Å². The van der Waals surface area contributed by atoms with Gasteiger partial charge in [0.1, 0.15) is 5.52 Å². The number of hydrogen-bond acceptors (Lipinski definition) is 2. The summed E-state index contributed by atoms with van der Waals surface area (Å²) in [7, 11) is 0. The minimum atomic E-state index is 0.628. The molecule has 0 radical (unpaired) electrons. The second-order valence-electron chi connectivity index (χ2n) is 5.83. The molecule has 2 nitrogen and oxygen atoms in total. The van der Waals surface area contributed by atoms with Gasteiger partial charge in [-0.05, 0) is 41.1 Å². The van der Waals surface area contributed by atoms with Gasteiger partial charge in [-0.25, -0.2) is 4.98 Å². The fraction of sp³-hybridized carbons (Fsp3) is 0. The van der Waals surface area contributed by atoms with Crippen molar-refractivity contribution in [1.82, 2.24) is 4.98 Å². The highest BCUT2D eigenvalue weighted by molar-refractivity contribution is 6.36. The first-order valence-corrected chi connectivity index (χ1v) is 8.14. The van der Waals surface area contributed by atoms with Crippen LogP contribution in [-0.2, 0) is 0 Å². The van der Waals surface area contributed by atoms with Crippen molar-refractivity contribution in [2.45, 2.75) is 0 Å². The lowest BCUT2D eigenvalue weighted by atomic mass is 10.1. The van der Waals surface area contributed by atoms with Crippen LogP contribution in [0.4, 0.5) is 0 Å². The molecule has 0 bridgehead atoms. The fourth-order valence-electron chi connectivity index (χ4n) is 3.16. The third-order valence-corrected chi connectivity index (χ3v) is 4.69. The number of benzene rings is 4. The largest absolute Gasteiger partial charge is 0.436 e. The van der Waals surface area contributed by atoms with E-state index >= 15 is 0 Å². The molecule has 0 aliphatic rings. The van der Waals surface area contributed by atoms with E-state index < -0.39 is 0 Å². The zero-order valence-corrected chi connectivity index (χ0v) is 13.4. The van der Waals surface area contributed by atoms with E-state index in [4.69, 9.17) is 21.0 Å². The highest BCUT2D eigenvalue weighted by Crippen LogP contribution is 2.33. The Bertz CT molecular complexity index is 1220. The normalized spacial score (nSPS) is 11.5. The molecule has 0 aliphatic carbocycles. The van der Waals surface area contributed by atoms with Crippen LogP contribution in [0.2, 0.25) is 5.02 Å². The molecule has 3 heteroatoms. The number of oxazole rings is 1. The predicted octanol–water partition coefficient (Wildman–Crippen LogP) is 6.45. The zero-order chi connectivity index (χ0) is 16.1. The molecule has 5 rings (SSSR count). The van der Waals surface area contributed by atoms with Crippen molar-refractivity contribution < 1.29 is 4.42 Å². The van der Waals surface area contributed by atoms with Gasteiger partial charge in [-0.15, -0.1) is 0 Å². The lowest BCUT2D eigenvalue weighted by Crippen LogP contribution is -1.79. The van der Waals surface area contributed by atoms with Gasteiger partial charge in [0, 0.05) is 21.4 Å². The maximum Gasteiger partial charge on any atom is 0.227 e. The van der Waals surface area contributed by atoms with Crippen molar-refractivity contribution in [1.29, 1.82) is 0 Å². The van der Waals surface area contributed by atoms with Crippen LogP contribution in [0.5, 0.6) is 0 Å². The van der Waals surface area contributed by atoms with Crippen LogP contribution in [0.1, 0.15) is 0 Å². The van der Waals surface area contributed by atoms with Crippen LogP contribution in [0.25, 0.3) is 44.1 Å². The molecule has 0 unspecified atom stereocenters. The summed E-state index contributed by atoms with van der Waals surface area (Å²) < 4.78 is 6.00. The van der Waals surface area contributed by atoms with Gasteiger partial charge in [-0.1, -0.05) is 54.1 Å². The molecule has 4 aromatic carbocycles. The van der Waals surface area contributed by atoms with E-state index in [1.165, 1.54) is 10.8 Å². The standard InChI is InChI=1S/C21H12ClNO/c22-18-7-3-6-17-16(18)10-11-19-20(17)23-21(24-19)15-9-8-13-4-1-2-5-14(13)12-15/h1-12H. The number of hydrogen-bond donors (Lipinski definition) is 0. The van der Waals surface area contributed by atoms with Gasteiger partial charge in [0.25, 0.3) is 0 Å². The Labute approximate surface area is 143 Å². The third-order valence-electron chi connectivity index (χ3n) is 4.36. The maximum atomic E-state index is 6.29. The lowest BCUT2D eigenvalue weighted by Gasteiger charge is -1.99. The SMILES string of the molecule is Clc1cccc2c1ccc1oc(-c3ccc4ccccc4c3)nc12. The molecule has 0 atom stereocenters. The van der Waals surface area contributed by atoms with Crippen LogP contribution >= 0.6 is 11.6 Å². The molecule has 0 saturated heterocycles. The number of halogens is 1. The van der Waals surface area contributed by atoms with Gasteiger partial charge in [-0.3, -0.25) is 0 Å². The summed E-state index contributed by atoms with van der Waals surface area (Å²) in [5.74, 6) is 0.628. The number of fused-ring (bicyclic) bond motifs is 4. The van der Waals surface area contributed by atoms with Gasteiger partial charge in [0.05, 0.1) is 0 Å². The van der Waals surface area contributed by atoms with Crippen LogP contribution in [0, 0.1) is 0 Å². The first-order valence-electron chi connectivity index (χ1n) is 7.76. The summed E-state index contributed by atoms with van der Waals surface area (Å²) in [4.78, 5) is 4.73. The Morgan fingerprint density at radius 1 is 0.750 bits per heavy atom. The molecule has 0 aliphatic heterocycles. The number of nitrogens with zero attached hydrogens (tertiary/aromatic N) is 1. The van der Waals surface area contributed by atoms with E-state index in [9.17, 15) is 0 Å². The van der Waals surface area contributed by atoms with Gasteiger partial charge < -0.3 is 4.42 Å². The molecule has 0 fully saturated rings. The molecule has 0 saturated carbocycles. The van der Waals surface area contributed by atoms with E-state index in [0.29, 0.717) is 5.89 Å². The van der Waals surface area contributed by atoms with Gasteiger partial charge >= 0.3 is 0 Å². The second kappa shape index (κ2) is 5.08. The van der Waals surface area contributed by atoms with Crippen LogP contribution in [0.3, 0.4) is 0 Å². The summed E-state index contributed by atoms with van der Waals surface area (Å²) in [6.07, 6.45) is 0. The predicted molar refractivity (Wildman–Crippen MR) is 99.5 cm³/mol. The van der Waals surface area contributed by atoms with E-state index in [1.54, 1.807) is 0 Å². The topological polar surface area (TPSA) is 26.0 Å². The molecule has 0 N–H and O–H groups in total. The molecule has 114 valence electrons. The zero-order valence-electron chi connectivity index (χ0n) is 12.7. The summed E-state index contributed by atoms with van der Waals surface area (Å²) in [6, 6.07) is 24.3. The lowest BCUT2D eigenvalue weighted by molar-refractivity contribution is 0.620. The monoisotopic (exact) mass is 329 g/mol. The Kier molecular flexibility index (Phi) is 2.88. The molecule has 0 amide bonds.